The lowest BCUT2D eigenvalue weighted by atomic mass is 10.1. The second kappa shape index (κ2) is 8.71. The molecule has 0 fully saturated rings. The Hall–Kier alpha value is -2.78. The lowest BCUT2D eigenvalue weighted by molar-refractivity contribution is -0.115. The number of hydrogen-bond acceptors (Lipinski definition) is 6. The number of benzene rings is 2. The number of fused-ring (bicyclic) bond motifs is 1. The van der Waals surface area contributed by atoms with Crippen LogP contribution in [-0.2, 0) is 19.4 Å². The minimum absolute atomic E-state index is 0.0548. The third kappa shape index (κ3) is 4.80. The smallest absolute Gasteiger partial charge is 0.341 e. The lowest BCUT2D eigenvalue weighted by Gasteiger charge is -2.07. The number of thiophene rings is 1. The van der Waals surface area contributed by atoms with Crippen LogP contribution in [0.25, 0.3) is 10.1 Å². The van der Waals surface area contributed by atoms with Crippen LogP contribution in [0.4, 0.5) is 9.39 Å². The van der Waals surface area contributed by atoms with Crippen LogP contribution in [0.3, 0.4) is 0 Å². The molecular weight excluding hydrogens is 417 g/mol. The normalized spacial score (nSPS) is 11.4. The Kier molecular flexibility index (Phi) is 6.29. The van der Waals surface area contributed by atoms with E-state index in [4.69, 9.17) is 4.74 Å². The molecule has 0 saturated carbocycles. The van der Waals surface area contributed by atoms with Gasteiger partial charge in [-0.25, -0.2) is 17.6 Å². The second-order valence-electron chi connectivity index (χ2n) is 6.09. The summed E-state index contributed by atoms with van der Waals surface area (Å²) in [5, 5.41) is 3.60. The molecule has 29 heavy (non-hydrogen) atoms. The van der Waals surface area contributed by atoms with Gasteiger partial charge < -0.3 is 10.1 Å². The molecule has 1 aromatic heterocycles. The van der Waals surface area contributed by atoms with Crippen molar-refractivity contribution in [3.05, 3.63) is 59.9 Å². The van der Waals surface area contributed by atoms with Gasteiger partial charge in [0.25, 0.3) is 0 Å². The van der Waals surface area contributed by atoms with Gasteiger partial charge in [-0.15, -0.1) is 11.3 Å². The molecule has 0 saturated heterocycles. The van der Waals surface area contributed by atoms with Gasteiger partial charge in [-0.05, 0) is 37.3 Å². The highest BCUT2D eigenvalue weighted by Gasteiger charge is 2.22. The van der Waals surface area contributed by atoms with Crippen molar-refractivity contribution >= 4 is 48.1 Å². The molecule has 3 aromatic rings. The van der Waals surface area contributed by atoms with E-state index in [0.717, 1.165) is 29.0 Å². The molecule has 3 rings (SSSR count). The van der Waals surface area contributed by atoms with Crippen molar-refractivity contribution in [3.63, 3.8) is 0 Å². The zero-order valence-electron chi connectivity index (χ0n) is 15.5. The number of sulfone groups is 1. The van der Waals surface area contributed by atoms with E-state index in [0.29, 0.717) is 10.4 Å². The summed E-state index contributed by atoms with van der Waals surface area (Å²) >= 11 is 1.21. The lowest BCUT2D eigenvalue weighted by Crippen LogP contribution is -2.18. The maximum absolute atomic E-state index is 13.0. The number of anilines is 1. The number of carbonyl (C=O) groups is 2. The van der Waals surface area contributed by atoms with Gasteiger partial charge in [0, 0.05) is 16.5 Å². The Morgan fingerprint density at radius 2 is 1.79 bits per heavy atom. The van der Waals surface area contributed by atoms with Gasteiger partial charge in [0.05, 0.1) is 17.3 Å². The van der Waals surface area contributed by atoms with E-state index in [-0.39, 0.29) is 23.5 Å². The van der Waals surface area contributed by atoms with Gasteiger partial charge in [-0.1, -0.05) is 18.2 Å². The number of hydrogen-bond donors (Lipinski definition) is 1. The topological polar surface area (TPSA) is 89.5 Å². The van der Waals surface area contributed by atoms with Gasteiger partial charge in [0.15, 0.2) is 9.84 Å². The monoisotopic (exact) mass is 435 g/mol. The average molecular weight is 435 g/mol. The van der Waals surface area contributed by atoms with Crippen LogP contribution in [-0.4, -0.2) is 32.7 Å². The Bertz CT molecular complexity index is 1150. The number of rotatable bonds is 7. The first-order valence-corrected chi connectivity index (χ1v) is 11.3. The summed E-state index contributed by atoms with van der Waals surface area (Å²) in [4.78, 5) is 24.7. The Morgan fingerprint density at radius 1 is 1.10 bits per heavy atom. The van der Waals surface area contributed by atoms with E-state index in [1.807, 2.05) is 12.1 Å². The highest BCUT2D eigenvalue weighted by Crippen LogP contribution is 2.36. The number of amides is 1. The summed E-state index contributed by atoms with van der Waals surface area (Å²) in [5.41, 5.74) is 0.252. The predicted molar refractivity (Wildman–Crippen MR) is 109 cm³/mol. The molecule has 0 bridgehead atoms. The van der Waals surface area contributed by atoms with E-state index in [2.05, 4.69) is 5.32 Å². The van der Waals surface area contributed by atoms with Gasteiger partial charge in [0.2, 0.25) is 5.91 Å². The summed E-state index contributed by atoms with van der Waals surface area (Å²) < 4.78 is 43.5. The van der Waals surface area contributed by atoms with Crippen LogP contribution in [0.2, 0.25) is 0 Å². The zero-order chi connectivity index (χ0) is 21.0. The second-order valence-corrected chi connectivity index (χ2v) is 9.26. The number of nitrogens with one attached hydrogen (secondary N) is 1. The van der Waals surface area contributed by atoms with Crippen molar-refractivity contribution in [2.45, 2.75) is 18.2 Å². The first kappa shape index (κ1) is 20.9. The summed E-state index contributed by atoms with van der Waals surface area (Å²) in [6, 6.07) is 11.6. The van der Waals surface area contributed by atoms with E-state index in [1.165, 1.54) is 11.3 Å². The minimum Gasteiger partial charge on any atom is -0.462 e. The maximum atomic E-state index is 13.0. The molecule has 0 unspecified atom stereocenters. The van der Waals surface area contributed by atoms with E-state index < -0.39 is 33.3 Å². The van der Waals surface area contributed by atoms with Crippen LogP contribution < -0.4 is 5.32 Å². The van der Waals surface area contributed by atoms with E-state index in [1.54, 1.807) is 19.1 Å². The van der Waals surface area contributed by atoms with Crippen molar-refractivity contribution in [2.24, 2.45) is 0 Å². The first-order valence-electron chi connectivity index (χ1n) is 8.78. The van der Waals surface area contributed by atoms with Crippen molar-refractivity contribution < 1.29 is 27.1 Å². The molecular formula is C20H18FNO5S2. The van der Waals surface area contributed by atoms with Crippen LogP contribution in [0.15, 0.2) is 53.4 Å². The van der Waals surface area contributed by atoms with E-state index in [9.17, 15) is 22.4 Å². The summed E-state index contributed by atoms with van der Waals surface area (Å²) in [7, 11) is -3.74. The van der Waals surface area contributed by atoms with Gasteiger partial charge in [-0.3, -0.25) is 4.79 Å². The van der Waals surface area contributed by atoms with Crippen molar-refractivity contribution in [1.29, 1.82) is 0 Å². The fraction of sp³-hybridized carbons (Fsp3) is 0.200. The number of ether oxygens (including phenoxy) is 1. The average Bonchev–Trinajstić information content (AvgIpc) is 3.05. The van der Waals surface area contributed by atoms with Crippen LogP contribution in [0, 0.1) is 5.82 Å². The fourth-order valence-corrected chi connectivity index (χ4v) is 5.06. The quantitative estimate of drug-likeness (QED) is 0.447. The van der Waals surface area contributed by atoms with Crippen LogP contribution in [0.5, 0.6) is 0 Å². The molecule has 1 heterocycles. The molecule has 152 valence electrons. The molecule has 0 radical (unpaired) electrons. The maximum Gasteiger partial charge on any atom is 0.341 e. The van der Waals surface area contributed by atoms with Crippen molar-refractivity contribution in [1.82, 2.24) is 0 Å². The van der Waals surface area contributed by atoms with Gasteiger partial charge in [-0.2, -0.15) is 0 Å². The van der Waals surface area contributed by atoms with Crippen molar-refractivity contribution in [2.75, 3.05) is 17.7 Å². The molecule has 1 N–H and O–H groups in total. The summed E-state index contributed by atoms with van der Waals surface area (Å²) in [6.45, 7) is 1.87. The number of carbonyl (C=O) groups excluding carboxylic acids is 2. The SMILES string of the molecule is CCOC(=O)c1c(NC(=O)CCS(=O)(=O)c2ccc(F)cc2)sc2ccccc12. The summed E-state index contributed by atoms with van der Waals surface area (Å²) in [6.07, 6.45) is -0.309. The third-order valence-corrected chi connectivity index (χ3v) is 6.92. The van der Waals surface area contributed by atoms with Gasteiger partial charge >= 0.3 is 5.97 Å². The summed E-state index contributed by atoms with van der Waals surface area (Å²) in [5.74, 6) is -2.09. The Labute approximate surface area is 171 Å². The molecule has 0 spiro atoms. The molecule has 9 heteroatoms. The number of halogens is 1. The number of esters is 1. The Morgan fingerprint density at radius 3 is 2.48 bits per heavy atom. The molecule has 0 aliphatic heterocycles. The van der Waals surface area contributed by atoms with Crippen molar-refractivity contribution in [3.8, 4) is 0 Å². The van der Waals surface area contributed by atoms with Gasteiger partial charge in [0.1, 0.15) is 16.4 Å². The molecule has 6 nitrogen and oxygen atoms in total. The molecule has 0 aliphatic rings. The van der Waals surface area contributed by atoms with E-state index >= 15 is 0 Å². The van der Waals surface area contributed by atoms with Crippen LogP contribution in [0.1, 0.15) is 23.7 Å². The van der Waals surface area contributed by atoms with Crippen LogP contribution >= 0.6 is 11.3 Å². The highest BCUT2D eigenvalue weighted by atomic mass is 32.2. The molecule has 1 amide bonds. The third-order valence-electron chi connectivity index (χ3n) is 4.10. The Balaban J connectivity index is 1.77. The standard InChI is InChI=1S/C20H18FNO5S2/c1-2-27-20(24)18-15-5-3-4-6-16(15)28-19(18)22-17(23)11-12-29(25,26)14-9-7-13(21)8-10-14/h3-10H,2,11-12H2,1H3,(H,22,23). The highest BCUT2D eigenvalue weighted by molar-refractivity contribution is 7.91. The molecule has 2 aromatic carbocycles. The fourth-order valence-electron chi connectivity index (χ4n) is 2.72. The largest absolute Gasteiger partial charge is 0.462 e. The molecule has 0 aliphatic carbocycles. The minimum atomic E-state index is -3.74. The molecule has 0 atom stereocenters. The predicted octanol–water partition coefficient (Wildman–Crippen LogP) is 4.02. The first-order chi connectivity index (χ1) is 13.8. The zero-order valence-corrected chi connectivity index (χ0v) is 17.1.